The fraction of sp³-hybridized carbons (Fsp3) is 0.938. The molecule has 0 aromatic rings. The van der Waals surface area contributed by atoms with Gasteiger partial charge in [0.1, 0.15) is 0 Å². The predicted molar refractivity (Wildman–Crippen MR) is 85.8 cm³/mol. The largest absolute Gasteiger partial charge is 0.378 e. The Kier molecular flexibility index (Phi) is 6.33. The van der Waals surface area contributed by atoms with Crippen LogP contribution >= 0.6 is 12.4 Å². The summed E-state index contributed by atoms with van der Waals surface area (Å²) in [6.45, 7) is 5.11. The molecule has 1 spiro atoms. The Bertz CT molecular complexity index is 339. The molecule has 1 amide bonds. The van der Waals surface area contributed by atoms with Gasteiger partial charge in [-0.25, -0.2) is 0 Å². The van der Waals surface area contributed by atoms with Gasteiger partial charge in [-0.05, 0) is 63.5 Å². The van der Waals surface area contributed by atoms with E-state index in [4.69, 9.17) is 4.74 Å². The van der Waals surface area contributed by atoms with Crippen molar-refractivity contribution in [3.05, 3.63) is 0 Å². The molecule has 0 aromatic carbocycles. The Morgan fingerprint density at radius 3 is 2.76 bits per heavy atom. The molecule has 5 heteroatoms. The molecule has 122 valence electrons. The summed E-state index contributed by atoms with van der Waals surface area (Å²) in [5.74, 6) is 0.356. The fourth-order valence-electron chi connectivity index (χ4n) is 3.99. The summed E-state index contributed by atoms with van der Waals surface area (Å²) < 4.78 is 5.72. The average molecular weight is 317 g/mol. The molecule has 1 N–H and O–H groups in total. The minimum atomic E-state index is 0. The molecule has 3 aliphatic heterocycles. The number of piperidine rings is 1. The zero-order chi connectivity index (χ0) is 13.8. The minimum absolute atomic E-state index is 0. The lowest BCUT2D eigenvalue weighted by Crippen LogP contribution is -2.39. The van der Waals surface area contributed by atoms with Crippen LogP contribution in [0.5, 0.6) is 0 Å². The molecule has 21 heavy (non-hydrogen) atoms. The molecule has 0 aromatic heterocycles. The van der Waals surface area contributed by atoms with Gasteiger partial charge >= 0.3 is 0 Å². The molecule has 3 fully saturated rings. The Labute approximate surface area is 134 Å². The second-order valence-corrected chi connectivity index (χ2v) is 6.84. The maximum absolute atomic E-state index is 12.4. The Morgan fingerprint density at radius 2 is 2.05 bits per heavy atom. The van der Waals surface area contributed by atoms with Gasteiger partial charge in [0.2, 0.25) is 5.91 Å². The molecule has 0 aliphatic carbocycles. The first-order valence-corrected chi connectivity index (χ1v) is 8.38. The number of carbonyl (C=O) groups excluding carboxylic acids is 1. The number of nitrogens with one attached hydrogen (secondary N) is 1. The van der Waals surface area contributed by atoms with Crippen LogP contribution in [-0.2, 0) is 9.53 Å². The van der Waals surface area contributed by atoms with Gasteiger partial charge in [-0.15, -0.1) is 12.4 Å². The number of nitrogens with zero attached hydrogens (tertiary/aromatic N) is 1. The number of rotatable bonds is 3. The molecule has 1 atom stereocenters. The molecule has 3 saturated heterocycles. The lowest BCUT2D eigenvalue weighted by Gasteiger charge is -2.33. The van der Waals surface area contributed by atoms with Crippen molar-refractivity contribution >= 4 is 18.3 Å². The molecule has 3 aliphatic rings. The smallest absolute Gasteiger partial charge is 0.222 e. The molecule has 3 heterocycles. The highest BCUT2D eigenvalue weighted by Crippen LogP contribution is 2.38. The van der Waals surface area contributed by atoms with E-state index in [1.54, 1.807) is 0 Å². The van der Waals surface area contributed by atoms with E-state index in [1.165, 1.54) is 32.1 Å². The van der Waals surface area contributed by atoms with E-state index in [0.29, 0.717) is 23.8 Å². The van der Waals surface area contributed by atoms with Gasteiger partial charge in [0.15, 0.2) is 0 Å². The third-order valence-electron chi connectivity index (χ3n) is 5.41. The molecule has 0 saturated carbocycles. The number of hydrogen-bond acceptors (Lipinski definition) is 3. The number of halogens is 1. The van der Waals surface area contributed by atoms with Crippen molar-refractivity contribution in [2.45, 2.75) is 57.5 Å². The second-order valence-electron chi connectivity index (χ2n) is 6.84. The number of hydrogen-bond donors (Lipinski definition) is 1. The average Bonchev–Trinajstić information content (AvgIpc) is 2.90. The van der Waals surface area contributed by atoms with Crippen molar-refractivity contribution in [1.29, 1.82) is 0 Å². The van der Waals surface area contributed by atoms with Crippen LogP contribution in [0, 0.1) is 5.41 Å². The van der Waals surface area contributed by atoms with Gasteiger partial charge in [-0.1, -0.05) is 0 Å². The fourth-order valence-corrected chi connectivity index (χ4v) is 3.99. The standard InChI is InChI=1S/C16H28N2O2.ClH/c19-15(5-4-14-3-1-2-12-20-14)18-11-8-16(13-18)6-9-17-10-7-16;/h14,17H,1-13H2;1H. The predicted octanol–water partition coefficient (Wildman–Crippen LogP) is 2.36. The SMILES string of the molecule is Cl.O=C(CCC1CCCCO1)N1CCC2(CCNCC2)C1. The van der Waals surface area contributed by atoms with Gasteiger partial charge in [-0.2, -0.15) is 0 Å². The first-order chi connectivity index (χ1) is 9.77. The number of amides is 1. The van der Waals surface area contributed by atoms with E-state index in [2.05, 4.69) is 10.2 Å². The Balaban J connectivity index is 0.00000161. The van der Waals surface area contributed by atoms with E-state index in [0.717, 1.165) is 45.6 Å². The van der Waals surface area contributed by atoms with Gasteiger partial charge in [0.05, 0.1) is 6.10 Å². The lowest BCUT2D eigenvalue weighted by atomic mass is 9.78. The summed E-state index contributed by atoms with van der Waals surface area (Å²) in [4.78, 5) is 14.5. The van der Waals surface area contributed by atoms with Crippen LogP contribution in [0.1, 0.15) is 51.4 Å². The molecule has 3 rings (SSSR count). The van der Waals surface area contributed by atoms with Crippen molar-refractivity contribution in [3.63, 3.8) is 0 Å². The van der Waals surface area contributed by atoms with Crippen LogP contribution in [0.15, 0.2) is 0 Å². The van der Waals surface area contributed by atoms with Crippen LogP contribution in [-0.4, -0.2) is 49.7 Å². The monoisotopic (exact) mass is 316 g/mol. The minimum Gasteiger partial charge on any atom is -0.378 e. The second kappa shape index (κ2) is 7.80. The summed E-state index contributed by atoms with van der Waals surface area (Å²) in [6.07, 6.45) is 9.21. The highest BCUT2D eigenvalue weighted by atomic mass is 35.5. The molecule has 1 unspecified atom stereocenters. The lowest BCUT2D eigenvalue weighted by molar-refractivity contribution is -0.131. The topological polar surface area (TPSA) is 41.6 Å². The maximum Gasteiger partial charge on any atom is 0.222 e. The normalized spacial score (nSPS) is 28.4. The molecular weight excluding hydrogens is 288 g/mol. The summed E-state index contributed by atoms with van der Waals surface area (Å²) in [7, 11) is 0. The molecule has 0 radical (unpaired) electrons. The first-order valence-electron chi connectivity index (χ1n) is 8.38. The van der Waals surface area contributed by atoms with Crippen LogP contribution in [0.25, 0.3) is 0 Å². The van der Waals surface area contributed by atoms with Crippen molar-refractivity contribution in [1.82, 2.24) is 10.2 Å². The maximum atomic E-state index is 12.4. The van der Waals surface area contributed by atoms with Crippen molar-refractivity contribution in [3.8, 4) is 0 Å². The zero-order valence-electron chi connectivity index (χ0n) is 12.9. The highest BCUT2D eigenvalue weighted by Gasteiger charge is 2.40. The van der Waals surface area contributed by atoms with E-state index >= 15 is 0 Å². The van der Waals surface area contributed by atoms with E-state index in [1.807, 2.05) is 0 Å². The molecular formula is C16H29ClN2O2. The van der Waals surface area contributed by atoms with Gasteiger partial charge in [0, 0.05) is 26.1 Å². The first kappa shape index (κ1) is 17.0. The van der Waals surface area contributed by atoms with Crippen LogP contribution in [0.4, 0.5) is 0 Å². The van der Waals surface area contributed by atoms with E-state index in [9.17, 15) is 4.79 Å². The third-order valence-corrected chi connectivity index (χ3v) is 5.41. The summed E-state index contributed by atoms with van der Waals surface area (Å²) in [5.41, 5.74) is 0.433. The number of ether oxygens (including phenoxy) is 1. The van der Waals surface area contributed by atoms with Crippen molar-refractivity contribution in [2.24, 2.45) is 5.41 Å². The highest BCUT2D eigenvalue weighted by molar-refractivity contribution is 5.85. The Morgan fingerprint density at radius 1 is 1.24 bits per heavy atom. The molecule has 4 nitrogen and oxygen atoms in total. The van der Waals surface area contributed by atoms with E-state index in [-0.39, 0.29) is 12.4 Å². The van der Waals surface area contributed by atoms with Crippen molar-refractivity contribution < 1.29 is 9.53 Å². The zero-order valence-corrected chi connectivity index (χ0v) is 13.8. The van der Waals surface area contributed by atoms with Gasteiger partial charge < -0.3 is 15.0 Å². The van der Waals surface area contributed by atoms with E-state index < -0.39 is 0 Å². The van der Waals surface area contributed by atoms with Crippen LogP contribution < -0.4 is 5.32 Å². The quantitative estimate of drug-likeness (QED) is 0.869. The third kappa shape index (κ3) is 4.33. The summed E-state index contributed by atoms with van der Waals surface area (Å²) in [6, 6.07) is 0. The number of carbonyl (C=O) groups is 1. The number of likely N-dealkylation sites (tertiary alicyclic amines) is 1. The summed E-state index contributed by atoms with van der Waals surface area (Å²) in [5, 5.41) is 3.43. The van der Waals surface area contributed by atoms with Crippen LogP contribution in [0.3, 0.4) is 0 Å². The Hall–Kier alpha value is -0.320. The van der Waals surface area contributed by atoms with Gasteiger partial charge in [-0.3, -0.25) is 4.79 Å². The molecule has 0 bridgehead atoms. The van der Waals surface area contributed by atoms with Crippen LogP contribution in [0.2, 0.25) is 0 Å². The summed E-state index contributed by atoms with van der Waals surface area (Å²) >= 11 is 0. The van der Waals surface area contributed by atoms with Crippen molar-refractivity contribution in [2.75, 3.05) is 32.8 Å². The van der Waals surface area contributed by atoms with Gasteiger partial charge in [0.25, 0.3) is 0 Å².